The molecule has 15 heteroatoms. The van der Waals surface area contributed by atoms with Crippen LogP contribution in [0.15, 0.2) is 42.6 Å². The highest BCUT2D eigenvalue weighted by Crippen LogP contribution is 2.53. The van der Waals surface area contributed by atoms with Crippen molar-refractivity contribution in [3.05, 3.63) is 70.6 Å². The Morgan fingerprint density at radius 2 is 1.69 bits per heavy atom. The molecule has 0 radical (unpaired) electrons. The van der Waals surface area contributed by atoms with Crippen molar-refractivity contribution in [3.8, 4) is 11.3 Å². The first kappa shape index (κ1) is 31.1. The highest BCUT2D eigenvalue weighted by molar-refractivity contribution is 8.00. The molecule has 2 aromatic carbocycles. The van der Waals surface area contributed by atoms with Crippen LogP contribution in [0.1, 0.15) is 42.5 Å². The summed E-state index contributed by atoms with van der Waals surface area (Å²) in [6.45, 7) is -0.690. The number of halogens is 6. The van der Waals surface area contributed by atoms with E-state index in [9.17, 15) is 42.4 Å². The van der Waals surface area contributed by atoms with E-state index in [-0.39, 0.29) is 29.1 Å². The Labute approximate surface area is 246 Å². The summed E-state index contributed by atoms with van der Waals surface area (Å²) < 4.78 is 76.0. The first-order chi connectivity index (χ1) is 19.8. The molecule has 0 unspecified atom stereocenters. The van der Waals surface area contributed by atoms with E-state index in [1.165, 1.54) is 6.20 Å². The molecule has 1 aliphatic heterocycles. The molecule has 0 bridgehead atoms. The molecule has 1 saturated carbocycles. The van der Waals surface area contributed by atoms with Crippen molar-refractivity contribution in [1.82, 2.24) is 15.0 Å². The van der Waals surface area contributed by atoms with Crippen LogP contribution in [0, 0.1) is 17.5 Å². The van der Waals surface area contributed by atoms with Gasteiger partial charge in [-0.2, -0.15) is 0 Å². The summed E-state index contributed by atoms with van der Waals surface area (Å²) in [5, 5.41) is 51.0. The van der Waals surface area contributed by atoms with Gasteiger partial charge in [-0.1, -0.05) is 35.0 Å². The van der Waals surface area contributed by atoms with E-state index in [0.717, 1.165) is 16.4 Å². The Hall–Kier alpha value is -2.33. The fourth-order valence-corrected chi connectivity index (χ4v) is 7.32. The van der Waals surface area contributed by atoms with Crippen LogP contribution in [0.25, 0.3) is 11.3 Å². The molecule has 0 amide bonds. The number of ether oxygens (including phenoxy) is 1. The predicted octanol–water partition coefficient (Wildman–Crippen LogP) is 4.41. The standard InChI is InChI=1S/C27H27ClF5N3O5S/c28-15-4-2-1-3-14(15)24(26(40)5-7-27(32,33)8-6-26)42-25-23(39)21(22(38)19(12-37)41-25)36-11-18(34-35-36)13-9-16(29)20(31)17(30)10-13/h1-4,9-11,19,21-25,37-40H,5-8,12H2/t19-,21+,22+,23-,24+,25+/m1/s1. The zero-order valence-corrected chi connectivity index (χ0v) is 23.3. The molecular formula is C27H27ClF5N3O5S. The van der Waals surface area contributed by atoms with Gasteiger partial charge in [-0.05, 0) is 36.6 Å². The first-order valence-corrected chi connectivity index (χ1v) is 14.3. The second kappa shape index (κ2) is 12.0. The number of alkyl halides is 2. The molecule has 5 rings (SSSR count). The van der Waals surface area contributed by atoms with Crippen LogP contribution in [0.2, 0.25) is 5.02 Å². The monoisotopic (exact) mass is 635 g/mol. The molecule has 42 heavy (non-hydrogen) atoms. The van der Waals surface area contributed by atoms with Gasteiger partial charge in [0.25, 0.3) is 0 Å². The van der Waals surface area contributed by atoms with Gasteiger partial charge in [0.2, 0.25) is 5.92 Å². The zero-order valence-electron chi connectivity index (χ0n) is 21.8. The van der Waals surface area contributed by atoms with Crippen molar-refractivity contribution in [1.29, 1.82) is 0 Å². The number of aliphatic hydroxyl groups is 4. The van der Waals surface area contributed by atoms with Gasteiger partial charge < -0.3 is 25.2 Å². The Morgan fingerprint density at radius 3 is 2.31 bits per heavy atom. The third kappa shape index (κ3) is 6.03. The van der Waals surface area contributed by atoms with E-state index in [2.05, 4.69) is 10.3 Å². The number of aliphatic hydroxyl groups excluding tert-OH is 3. The third-order valence-corrected chi connectivity index (χ3v) is 9.70. The predicted molar refractivity (Wildman–Crippen MR) is 142 cm³/mol. The summed E-state index contributed by atoms with van der Waals surface area (Å²) in [7, 11) is 0. The Bertz CT molecular complexity index is 1400. The van der Waals surface area contributed by atoms with Crippen LogP contribution in [0.4, 0.5) is 22.0 Å². The minimum atomic E-state index is -2.94. The second-order valence-electron chi connectivity index (χ2n) is 10.5. The number of rotatable bonds is 7. The molecule has 228 valence electrons. The maximum absolute atomic E-state index is 14.0. The van der Waals surface area contributed by atoms with Gasteiger partial charge in [-0.25, -0.2) is 26.6 Å². The first-order valence-electron chi connectivity index (χ1n) is 13.0. The van der Waals surface area contributed by atoms with Crippen LogP contribution in [0.5, 0.6) is 0 Å². The number of aromatic nitrogens is 3. The van der Waals surface area contributed by atoms with E-state index in [1.807, 2.05) is 0 Å². The van der Waals surface area contributed by atoms with Crippen molar-refractivity contribution in [3.63, 3.8) is 0 Å². The van der Waals surface area contributed by atoms with E-state index in [0.29, 0.717) is 17.7 Å². The van der Waals surface area contributed by atoms with Crippen molar-refractivity contribution >= 4 is 23.4 Å². The van der Waals surface area contributed by atoms with Crippen LogP contribution >= 0.6 is 23.4 Å². The lowest BCUT2D eigenvalue weighted by atomic mass is 9.78. The van der Waals surface area contributed by atoms with Crippen LogP contribution in [-0.2, 0) is 4.74 Å². The minimum absolute atomic E-state index is 0.102. The lowest BCUT2D eigenvalue weighted by Gasteiger charge is -2.46. The molecule has 2 aliphatic rings. The van der Waals surface area contributed by atoms with E-state index in [1.54, 1.807) is 24.3 Å². The topological polar surface area (TPSA) is 121 Å². The highest BCUT2D eigenvalue weighted by atomic mass is 35.5. The average Bonchev–Trinajstić information content (AvgIpc) is 3.43. The van der Waals surface area contributed by atoms with Crippen molar-refractivity contribution < 1.29 is 47.1 Å². The van der Waals surface area contributed by atoms with Crippen molar-refractivity contribution in [2.75, 3.05) is 6.61 Å². The van der Waals surface area contributed by atoms with E-state index in [4.69, 9.17) is 16.3 Å². The normalized spacial score (nSPS) is 28.0. The van der Waals surface area contributed by atoms with Crippen molar-refractivity contribution in [2.24, 2.45) is 0 Å². The SMILES string of the molecule is OC[C@H]1O[C@@H](S[C@@H](c2ccccc2Cl)C2(O)CCC(F)(F)CC2)[C@H](O)[C@@H](n2cc(-c3cc(F)c(F)c(F)c3)nn2)[C@H]1O. The number of benzene rings is 2. The maximum atomic E-state index is 14.0. The van der Waals surface area contributed by atoms with Gasteiger partial charge in [-0.15, -0.1) is 16.9 Å². The van der Waals surface area contributed by atoms with Crippen LogP contribution in [0.3, 0.4) is 0 Å². The largest absolute Gasteiger partial charge is 0.394 e. The zero-order chi connectivity index (χ0) is 30.4. The van der Waals surface area contributed by atoms with Crippen molar-refractivity contribution in [2.45, 2.75) is 72.2 Å². The average molecular weight is 636 g/mol. The molecule has 1 aromatic heterocycles. The third-order valence-electron chi connectivity index (χ3n) is 7.74. The summed E-state index contributed by atoms with van der Waals surface area (Å²) in [4.78, 5) is 0. The Kier molecular flexibility index (Phi) is 8.87. The molecule has 3 aromatic rings. The van der Waals surface area contributed by atoms with Gasteiger partial charge in [0.15, 0.2) is 17.5 Å². The molecule has 4 N–H and O–H groups in total. The molecule has 2 fully saturated rings. The molecule has 6 atom stereocenters. The highest BCUT2D eigenvalue weighted by Gasteiger charge is 2.52. The molecule has 1 saturated heterocycles. The number of hydrogen-bond donors (Lipinski definition) is 4. The van der Waals surface area contributed by atoms with Gasteiger partial charge in [0.05, 0.1) is 23.7 Å². The molecular weight excluding hydrogens is 609 g/mol. The summed E-state index contributed by atoms with van der Waals surface area (Å²) in [5.74, 6) is -7.51. The fourth-order valence-electron chi connectivity index (χ4n) is 5.37. The molecule has 0 spiro atoms. The van der Waals surface area contributed by atoms with Gasteiger partial charge in [0.1, 0.15) is 35.5 Å². The smallest absolute Gasteiger partial charge is 0.248 e. The Morgan fingerprint density at radius 1 is 1.05 bits per heavy atom. The second-order valence-corrected chi connectivity index (χ2v) is 12.1. The molecule has 1 aliphatic carbocycles. The summed E-state index contributed by atoms with van der Waals surface area (Å²) in [5.41, 5.74) is -2.77. The molecule has 8 nitrogen and oxygen atoms in total. The summed E-state index contributed by atoms with van der Waals surface area (Å²) >= 11 is 7.35. The van der Waals surface area contributed by atoms with Gasteiger partial charge >= 0.3 is 0 Å². The van der Waals surface area contributed by atoms with Crippen LogP contribution in [-0.4, -0.2) is 77.3 Å². The van der Waals surface area contributed by atoms with Gasteiger partial charge in [0, 0.05) is 23.4 Å². The van der Waals surface area contributed by atoms with E-state index >= 15 is 0 Å². The molecule has 2 heterocycles. The Balaban J connectivity index is 1.47. The lowest BCUT2D eigenvalue weighted by Crippen LogP contribution is -2.55. The maximum Gasteiger partial charge on any atom is 0.248 e. The number of nitrogens with zero attached hydrogens (tertiary/aromatic N) is 3. The fraction of sp³-hybridized carbons (Fsp3) is 0.481. The lowest BCUT2D eigenvalue weighted by molar-refractivity contribution is -0.179. The summed E-state index contributed by atoms with van der Waals surface area (Å²) in [6.07, 6.45) is -4.88. The van der Waals surface area contributed by atoms with E-state index < -0.39 is 83.5 Å². The minimum Gasteiger partial charge on any atom is -0.394 e. The number of thioether (sulfide) groups is 1. The number of hydrogen-bond acceptors (Lipinski definition) is 8. The van der Waals surface area contributed by atoms with Gasteiger partial charge in [-0.3, -0.25) is 0 Å². The van der Waals surface area contributed by atoms with Crippen LogP contribution < -0.4 is 0 Å². The summed E-state index contributed by atoms with van der Waals surface area (Å²) in [6, 6.07) is 6.62. The quantitative estimate of drug-likeness (QED) is 0.223.